The molecule has 188 valence electrons. The number of aromatic nitrogens is 2. The molecule has 1 unspecified atom stereocenters. The second-order valence-electron chi connectivity index (χ2n) is 9.89. The van der Waals surface area contributed by atoms with Crippen LogP contribution < -0.4 is 10.1 Å². The summed E-state index contributed by atoms with van der Waals surface area (Å²) in [5.74, 6) is 1.41. The van der Waals surface area contributed by atoms with Gasteiger partial charge in [-0.3, -0.25) is 4.79 Å². The van der Waals surface area contributed by atoms with E-state index in [-0.39, 0.29) is 17.8 Å². The van der Waals surface area contributed by atoms with Gasteiger partial charge in [0, 0.05) is 30.4 Å². The summed E-state index contributed by atoms with van der Waals surface area (Å²) in [6.07, 6.45) is 2.99. The predicted molar refractivity (Wildman–Crippen MR) is 141 cm³/mol. The van der Waals surface area contributed by atoms with Crippen LogP contribution in [0.25, 0.3) is 10.4 Å². The number of nitrogens with zero attached hydrogens (tertiary/aromatic N) is 3. The quantitative estimate of drug-likeness (QED) is 0.459. The summed E-state index contributed by atoms with van der Waals surface area (Å²) >= 11 is 7.50. The van der Waals surface area contributed by atoms with E-state index in [1.165, 1.54) is 12.3 Å². The lowest BCUT2D eigenvalue weighted by Crippen LogP contribution is -2.46. The van der Waals surface area contributed by atoms with Crippen molar-refractivity contribution >= 4 is 34.9 Å². The molecule has 3 heterocycles. The highest BCUT2D eigenvalue weighted by atomic mass is 35.5. The van der Waals surface area contributed by atoms with E-state index in [2.05, 4.69) is 28.3 Å². The molecule has 0 radical (unpaired) electrons. The monoisotopic (exact) mass is 524 g/mol. The van der Waals surface area contributed by atoms with Crippen molar-refractivity contribution in [3.63, 3.8) is 0 Å². The molecule has 1 aromatic carbocycles. The zero-order valence-electron chi connectivity index (χ0n) is 20.5. The van der Waals surface area contributed by atoms with E-state index in [1.807, 2.05) is 36.9 Å². The summed E-state index contributed by atoms with van der Waals surface area (Å²) in [4.78, 5) is 38.0. The van der Waals surface area contributed by atoms with Crippen molar-refractivity contribution in [2.75, 3.05) is 13.1 Å². The molecule has 5 rings (SSSR count). The van der Waals surface area contributed by atoms with Crippen LogP contribution in [0.5, 0.6) is 5.88 Å². The van der Waals surface area contributed by atoms with E-state index in [0.717, 1.165) is 33.9 Å². The molecule has 1 aliphatic heterocycles. The molecular weight excluding hydrogens is 496 g/mol. The van der Waals surface area contributed by atoms with Crippen molar-refractivity contribution in [2.24, 2.45) is 17.8 Å². The van der Waals surface area contributed by atoms with Crippen molar-refractivity contribution in [3.05, 3.63) is 63.9 Å². The van der Waals surface area contributed by atoms with Crippen LogP contribution in [-0.2, 0) is 0 Å². The van der Waals surface area contributed by atoms with Crippen molar-refractivity contribution in [3.8, 4) is 16.3 Å². The molecule has 1 saturated heterocycles. The molecule has 0 spiro atoms. The second-order valence-corrected chi connectivity index (χ2v) is 11.5. The minimum absolute atomic E-state index is 0.0745. The number of nitrogens with one attached hydrogen (secondary N) is 1. The minimum Gasteiger partial charge on any atom is -0.391 e. The Bertz CT molecular complexity index is 1300. The number of fused-ring (bicyclic) bond motifs is 1. The first kappa shape index (κ1) is 24.7. The van der Waals surface area contributed by atoms with Crippen LogP contribution in [0.3, 0.4) is 0 Å². The fraction of sp³-hybridized carbons (Fsp3) is 0.407. The standard InChI is InChI=1S/C27H29ClN4O3S/c1-15-5-4-6-18(9-15)25-24(31-17(3)36-25)26(33)32-14-19-10-16(2)11-21(19)22(32)13-30-27(34)35-23-12-20(28)7-8-29-23/h4-9,12,16,19,21-22H,10-11,13-14H2,1-3H3,(H,30,34)/t16?,19-,21-,22+/m0/s1. The Balaban J connectivity index is 1.36. The van der Waals surface area contributed by atoms with Gasteiger partial charge in [0.15, 0.2) is 0 Å². The maximum atomic E-state index is 13.9. The number of carbonyl (C=O) groups is 2. The number of benzene rings is 1. The molecule has 4 atom stereocenters. The Morgan fingerprint density at radius 2 is 2.06 bits per heavy atom. The van der Waals surface area contributed by atoms with E-state index in [9.17, 15) is 9.59 Å². The van der Waals surface area contributed by atoms with E-state index in [0.29, 0.717) is 41.6 Å². The third-order valence-electron chi connectivity index (χ3n) is 7.14. The molecular formula is C27H29ClN4O3S. The third kappa shape index (κ3) is 5.11. The zero-order chi connectivity index (χ0) is 25.4. The van der Waals surface area contributed by atoms with Gasteiger partial charge in [-0.15, -0.1) is 11.3 Å². The molecule has 2 fully saturated rings. The summed E-state index contributed by atoms with van der Waals surface area (Å²) < 4.78 is 5.30. The molecule has 1 aliphatic carbocycles. The number of hydrogen-bond donors (Lipinski definition) is 1. The molecule has 1 saturated carbocycles. The molecule has 9 heteroatoms. The van der Waals surface area contributed by atoms with Gasteiger partial charge < -0.3 is 15.0 Å². The fourth-order valence-electron chi connectivity index (χ4n) is 5.69. The van der Waals surface area contributed by atoms with Crippen molar-refractivity contribution in [2.45, 2.75) is 39.7 Å². The van der Waals surface area contributed by atoms with E-state index < -0.39 is 6.09 Å². The van der Waals surface area contributed by atoms with Gasteiger partial charge in [-0.05, 0) is 56.1 Å². The Hall–Kier alpha value is -2.97. The van der Waals surface area contributed by atoms with Crippen molar-refractivity contribution in [1.29, 1.82) is 0 Å². The van der Waals surface area contributed by atoms with E-state index in [4.69, 9.17) is 16.3 Å². The number of carbonyl (C=O) groups excluding carboxylic acids is 2. The maximum Gasteiger partial charge on any atom is 0.414 e. The summed E-state index contributed by atoms with van der Waals surface area (Å²) in [5, 5.41) is 4.15. The van der Waals surface area contributed by atoms with Gasteiger partial charge in [0.25, 0.3) is 5.91 Å². The number of hydrogen-bond acceptors (Lipinski definition) is 6. The largest absolute Gasteiger partial charge is 0.414 e. The maximum absolute atomic E-state index is 13.9. The first-order valence-corrected chi connectivity index (χ1v) is 13.4. The SMILES string of the molecule is Cc1cccc(-c2sc(C)nc2C(=O)N2C[C@@H]3CC(C)C[C@@H]3[C@H]2CNC(=O)Oc2cc(Cl)ccn2)c1. The van der Waals surface area contributed by atoms with Gasteiger partial charge in [0.2, 0.25) is 5.88 Å². The van der Waals surface area contributed by atoms with Gasteiger partial charge in [0.1, 0.15) is 5.69 Å². The summed E-state index contributed by atoms with van der Waals surface area (Å²) in [7, 11) is 0. The highest BCUT2D eigenvalue weighted by molar-refractivity contribution is 7.15. The molecule has 0 bridgehead atoms. The van der Waals surface area contributed by atoms with Crippen LogP contribution in [0.1, 0.15) is 40.8 Å². The second kappa shape index (κ2) is 10.2. The van der Waals surface area contributed by atoms with Crippen LogP contribution in [0.4, 0.5) is 4.79 Å². The number of amides is 2. The Morgan fingerprint density at radius 3 is 2.83 bits per heavy atom. The summed E-state index contributed by atoms with van der Waals surface area (Å²) in [6.45, 7) is 7.21. The fourth-order valence-corrected chi connectivity index (χ4v) is 6.75. The van der Waals surface area contributed by atoms with Crippen LogP contribution in [0.15, 0.2) is 42.6 Å². The van der Waals surface area contributed by atoms with Crippen LogP contribution in [0, 0.1) is 31.6 Å². The Kier molecular flexibility index (Phi) is 6.99. The Morgan fingerprint density at radius 1 is 1.22 bits per heavy atom. The average Bonchev–Trinajstić information content (AvgIpc) is 3.49. The minimum atomic E-state index is -0.614. The number of ether oxygens (including phenoxy) is 1. The van der Waals surface area contributed by atoms with E-state index in [1.54, 1.807) is 17.4 Å². The molecule has 7 nitrogen and oxygen atoms in total. The number of likely N-dealkylation sites (tertiary alicyclic amines) is 1. The molecule has 2 aromatic heterocycles. The molecule has 1 N–H and O–H groups in total. The van der Waals surface area contributed by atoms with Gasteiger partial charge >= 0.3 is 6.09 Å². The topological polar surface area (TPSA) is 84.4 Å². The van der Waals surface area contributed by atoms with E-state index >= 15 is 0 Å². The number of rotatable bonds is 5. The van der Waals surface area contributed by atoms with Gasteiger partial charge in [-0.25, -0.2) is 14.8 Å². The van der Waals surface area contributed by atoms with Crippen molar-refractivity contribution < 1.29 is 14.3 Å². The molecule has 36 heavy (non-hydrogen) atoms. The average molecular weight is 525 g/mol. The number of halogens is 1. The molecule has 3 aromatic rings. The summed E-state index contributed by atoms with van der Waals surface area (Å²) in [5.41, 5.74) is 2.63. The van der Waals surface area contributed by atoms with Crippen molar-refractivity contribution in [1.82, 2.24) is 20.2 Å². The van der Waals surface area contributed by atoms with Crippen LogP contribution >= 0.6 is 22.9 Å². The summed E-state index contributed by atoms with van der Waals surface area (Å²) in [6, 6.07) is 11.1. The first-order valence-electron chi connectivity index (χ1n) is 12.2. The number of aryl methyl sites for hydroxylation is 2. The lowest BCUT2D eigenvalue weighted by Gasteiger charge is -2.28. The third-order valence-corrected chi connectivity index (χ3v) is 8.39. The molecule has 2 amide bonds. The first-order chi connectivity index (χ1) is 17.3. The normalized spacial score (nSPS) is 22.9. The van der Waals surface area contributed by atoms with Gasteiger partial charge in [-0.1, -0.05) is 48.4 Å². The van der Waals surface area contributed by atoms with Gasteiger partial charge in [-0.2, -0.15) is 0 Å². The number of pyridine rings is 1. The lowest BCUT2D eigenvalue weighted by atomic mass is 9.93. The lowest BCUT2D eigenvalue weighted by molar-refractivity contribution is 0.0702. The number of thiazole rings is 1. The smallest absolute Gasteiger partial charge is 0.391 e. The van der Waals surface area contributed by atoms with Gasteiger partial charge in [0.05, 0.1) is 15.9 Å². The highest BCUT2D eigenvalue weighted by Gasteiger charge is 2.48. The Labute approximate surface area is 219 Å². The zero-order valence-corrected chi connectivity index (χ0v) is 22.1. The molecule has 2 aliphatic rings. The van der Waals surface area contributed by atoms with Crippen LogP contribution in [-0.4, -0.2) is 46.0 Å². The van der Waals surface area contributed by atoms with Crippen LogP contribution in [0.2, 0.25) is 5.02 Å². The highest BCUT2D eigenvalue weighted by Crippen LogP contribution is 2.45. The predicted octanol–water partition coefficient (Wildman–Crippen LogP) is 5.75.